The van der Waals surface area contributed by atoms with Gasteiger partial charge in [0, 0.05) is 11.1 Å². The first-order chi connectivity index (χ1) is 18.2. The molecule has 0 atom stereocenters. The van der Waals surface area contributed by atoms with Crippen LogP contribution in [0.4, 0.5) is 0 Å². The van der Waals surface area contributed by atoms with Crippen molar-refractivity contribution in [1.82, 2.24) is 15.0 Å². The Bertz CT molecular complexity index is 1680. The highest BCUT2D eigenvalue weighted by Gasteiger charge is 2.12. The quantitative estimate of drug-likeness (QED) is 0.240. The van der Waals surface area contributed by atoms with E-state index in [4.69, 9.17) is 16.6 Å². The highest BCUT2D eigenvalue weighted by atomic mass is 35.5. The topological polar surface area (TPSA) is 38.7 Å². The van der Waals surface area contributed by atoms with Crippen LogP contribution in [0.15, 0.2) is 133 Å². The molecule has 0 aliphatic carbocycles. The van der Waals surface area contributed by atoms with Crippen LogP contribution in [0.25, 0.3) is 56.2 Å². The van der Waals surface area contributed by atoms with Crippen LogP contribution >= 0.6 is 11.6 Å². The average molecular weight is 496 g/mol. The SMILES string of the molecule is Clc1nc(-c2cccc(-c3ccccc3)c2)nc(-c2cccc(-c3cccc(-c4ccccc4)c3)c2)n1. The van der Waals surface area contributed by atoms with Crippen molar-refractivity contribution in [1.29, 1.82) is 0 Å². The van der Waals surface area contributed by atoms with Crippen LogP contribution < -0.4 is 0 Å². The number of rotatable bonds is 5. The molecule has 6 aromatic rings. The molecule has 4 heteroatoms. The van der Waals surface area contributed by atoms with E-state index in [1.54, 1.807) is 0 Å². The molecule has 1 heterocycles. The third-order valence-corrected chi connectivity index (χ3v) is 6.43. The highest BCUT2D eigenvalue weighted by molar-refractivity contribution is 6.28. The Morgan fingerprint density at radius 2 is 0.649 bits per heavy atom. The van der Waals surface area contributed by atoms with E-state index in [9.17, 15) is 0 Å². The first-order valence-electron chi connectivity index (χ1n) is 12.1. The Balaban J connectivity index is 1.37. The molecular weight excluding hydrogens is 474 g/mol. The lowest BCUT2D eigenvalue weighted by atomic mass is 9.98. The van der Waals surface area contributed by atoms with Crippen molar-refractivity contribution in [3.05, 3.63) is 139 Å². The van der Waals surface area contributed by atoms with Gasteiger partial charge >= 0.3 is 0 Å². The molecule has 0 unspecified atom stereocenters. The Hall–Kier alpha value is -4.60. The molecule has 0 aliphatic heterocycles. The van der Waals surface area contributed by atoms with Crippen LogP contribution in [-0.4, -0.2) is 15.0 Å². The zero-order valence-electron chi connectivity index (χ0n) is 19.9. The first kappa shape index (κ1) is 22.8. The molecule has 0 amide bonds. The minimum atomic E-state index is 0.168. The molecule has 37 heavy (non-hydrogen) atoms. The maximum atomic E-state index is 6.39. The summed E-state index contributed by atoms with van der Waals surface area (Å²) in [6, 6.07) is 45.5. The van der Waals surface area contributed by atoms with E-state index < -0.39 is 0 Å². The van der Waals surface area contributed by atoms with Crippen LogP contribution in [0.1, 0.15) is 0 Å². The van der Waals surface area contributed by atoms with E-state index in [0.717, 1.165) is 33.4 Å². The standard InChI is InChI=1S/C33H22ClN3/c34-33-36-31(29-18-8-15-26(21-29)24-12-5-2-6-13-24)35-32(37-33)30-19-9-17-28(22-30)27-16-7-14-25(20-27)23-10-3-1-4-11-23/h1-22H. The second-order valence-electron chi connectivity index (χ2n) is 8.73. The summed E-state index contributed by atoms with van der Waals surface area (Å²) >= 11 is 6.39. The molecule has 0 saturated carbocycles. The largest absolute Gasteiger partial charge is 0.226 e. The summed E-state index contributed by atoms with van der Waals surface area (Å²) in [5.41, 5.74) is 8.57. The Labute approximate surface area is 221 Å². The van der Waals surface area contributed by atoms with Gasteiger partial charge in [0.1, 0.15) is 0 Å². The summed E-state index contributed by atoms with van der Waals surface area (Å²) in [5, 5.41) is 0.168. The van der Waals surface area contributed by atoms with Crippen molar-refractivity contribution < 1.29 is 0 Å². The lowest BCUT2D eigenvalue weighted by molar-refractivity contribution is 1.07. The summed E-state index contributed by atoms with van der Waals surface area (Å²) in [7, 11) is 0. The highest BCUT2D eigenvalue weighted by Crippen LogP contribution is 2.30. The van der Waals surface area contributed by atoms with E-state index >= 15 is 0 Å². The van der Waals surface area contributed by atoms with Crippen LogP contribution in [0.5, 0.6) is 0 Å². The molecule has 0 N–H and O–H groups in total. The molecule has 0 bridgehead atoms. The molecule has 0 fully saturated rings. The lowest BCUT2D eigenvalue weighted by Crippen LogP contribution is -1.97. The van der Waals surface area contributed by atoms with Crippen molar-refractivity contribution in [2.24, 2.45) is 0 Å². The van der Waals surface area contributed by atoms with Gasteiger partial charge < -0.3 is 0 Å². The van der Waals surface area contributed by atoms with E-state index in [-0.39, 0.29) is 5.28 Å². The predicted molar refractivity (Wildman–Crippen MR) is 152 cm³/mol. The third kappa shape index (κ3) is 5.04. The number of hydrogen-bond donors (Lipinski definition) is 0. The van der Waals surface area contributed by atoms with Crippen molar-refractivity contribution in [2.45, 2.75) is 0 Å². The molecule has 3 nitrogen and oxygen atoms in total. The fourth-order valence-electron chi connectivity index (χ4n) is 4.42. The smallest absolute Gasteiger partial charge is 0.208 e. The van der Waals surface area contributed by atoms with Gasteiger partial charge in [-0.15, -0.1) is 0 Å². The number of benzene rings is 5. The van der Waals surface area contributed by atoms with Gasteiger partial charge in [-0.05, 0) is 63.2 Å². The maximum absolute atomic E-state index is 6.39. The molecule has 5 aromatic carbocycles. The second kappa shape index (κ2) is 10.2. The summed E-state index contributed by atoms with van der Waals surface area (Å²) in [6.07, 6.45) is 0. The Morgan fingerprint density at radius 1 is 0.324 bits per heavy atom. The van der Waals surface area contributed by atoms with Crippen molar-refractivity contribution in [3.63, 3.8) is 0 Å². The fraction of sp³-hybridized carbons (Fsp3) is 0. The summed E-state index contributed by atoms with van der Waals surface area (Å²) in [4.78, 5) is 13.7. The van der Waals surface area contributed by atoms with E-state index in [0.29, 0.717) is 11.6 Å². The minimum Gasteiger partial charge on any atom is -0.208 e. The van der Waals surface area contributed by atoms with Gasteiger partial charge in [-0.25, -0.2) is 4.98 Å². The number of nitrogens with zero attached hydrogens (tertiary/aromatic N) is 3. The van der Waals surface area contributed by atoms with E-state index in [1.165, 1.54) is 11.1 Å². The zero-order valence-corrected chi connectivity index (χ0v) is 20.7. The molecule has 176 valence electrons. The number of hydrogen-bond acceptors (Lipinski definition) is 3. The van der Waals surface area contributed by atoms with Gasteiger partial charge in [-0.3, -0.25) is 0 Å². The first-order valence-corrected chi connectivity index (χ1v) is 12.4. The Kier molecular flexibility index (Phi) is 6.28. The number of halogens is 1. The van der Waals surface area contributed by atoms with Gasteiger partial charge in [0.25, 0.3) is 0 Å². The van der Waals surface area contributed by atoms with Crippen molar-refractivity contribution >= 4 is 11.6 Å². The van der Waals surface area contributed by atoms with Gasteiger partial charge in [0.05, 0.1) is 0 Å². The monoisotopic (exact) mass is 495 g/mol. The normalized spacial score (nSPS) is 10.8. The third-order valence-electron chi connectivity index (χ3n) is 6.26. The molecule has 6 rings (SSSR count). The zero-order chi connectivity index (χ0) is 25.0. The van der Waals surface area contributed by atoms with Gasteiger partial charge in [0.2, 0.25) is 5.28 Å². The van der Waals surface area contributed by atoms with E-state index in [2.05, 4.69) is 94.9 Å². The molecule has 0 saturated heterocycles. The predicted octanol–water partition coefficient (Wildman–Crippen LogP) is 8.86. The summed E-state index contributed by atoms with van der Waals surface area (Å²) in [5.74, 6) is 1.09. The average Bonchev–Trinajstić information content (AvgIpc) is 2.98. The minimum absolute atomic E-state index is 0.168. The molecule has 0 radical (unpaired) electrons. The van der Waals surface area contributed by atoms with Crippen LogP contribution in [0, 0.1) is 0 Å². The molecule has 1 aromatic heterocycles. The van der Waals surface area contributed by atoms with Gasteiger partial charge in [-0.2, -0.15) is 9.97 Å². The molecule has 0 spiro atoms. The van der Waals surface area contributed by atoms with Crippen LogP contribution in [-0.2, 0) is 0 Å². The second-order valence-corrected chi connectivity index (χ2v) is 9.06. The fourth-order valence-corrected chi connectivity index (χ4v) is 4.58. The lowest BCUT2D eigenvalue weighted by Gasteiger charge is -2.09. The summed E-state index contributed by atoms with van der Waals surface area (Å²) < 4.78 is 0. The van der Waals surface area contributed by atoms with Crippen LogP contribution in [0.3, 0.4) is 0 Å². The maximum Gasteiger partial charge on any atom is 0.226 e. The van der Waals surface area contributed by atoms with Crippen molar-refractivity contribution in [2.75, 3.05) is 0 Å². The summed E-state index contributed by atoms with van der Waals surface area (Å²) in [6.45, 7) is 0. The van der Waals surface area contributed by atoms with Gasteiger partial charge in [0.15, 0.2) is 11.6 Å². The number of aromatic nitrogens is 3. The molecular formula is C33H22ClN3. The van der Waals surface area contributed by atoms with Crippen molar-refractivity contribution in [3.8, 4) is 56.2 Å². The van der Waals surface area contributed by atoms with E-state index in [1.807, 2.05) is 48.5 Å². The Morgan fingerprint density at radius 3 is 1.08 bits per heavy atom. The molecule has 0 aliphatic rings. The van der Waals surface area contributed by atoms with Crippen LogP contribution in [0.2, 0.25) is 5.28 Å². The van der Waals surface area contributed by atoms with Gasteiger partial charge in [-0.1, -0.05) is 115 Å².